The number of fused-ring (bicyclic) bond motifs is 6. The molecule has 0 fully saturated rings. The van der Waals surface area contributed by atoms with E-state index >= 15 is 0 Å². The van der Waals surface area contributed by atoms with Gasteiger partial charge in [0.05, 0.1) is 11.1 Å². The van der Waals surface area contributed by atoms with Crippen molar-refractivity contribution in [3.05, 3.63) is 125 Å². The van der Waals surface area contributed by atoms with Crippen molar-refractivity contribution in [2.24, 2.45) is 0 Å². The lowest BCUT2D eigenvalue weighted by Gasteiger charge is -2.28. The van der Waals surface area contributed by atoms with Crippen LogP contribution in [0, 0.1) is 18.3 Å². The van der Waals surface area contributed by atoms with Gasteiger partial charge in [0.2, 0.25) is 5.88 Å². The van der Waals surface area contributed by atoms with Crippen molar-refractivity contribution >= 4 is 28.2 Å². The number of hydrogen-bond donors (Lipinski definition) is 0. The van der Waals surface area contributed by atoms with E-state index < -0.39 is 0 Å². The Morgan fingerprint density at radius 3 is 2.50 bits per heavy atom. The van der Waals surface area contributed by atoms with Gasteiger partial charge in [-0.1, -0.05) is 78.9 Å². The van der Waals surface area contributed by atoms with Gasteiger partial charge >= 0.3 is 0 Å². The summed E-state index contributed by atoms with van der Waals surface area (Å²) in [6.07, 6.45) is 3.37. The lowest BCUT2D eigenvalue weighted by molar-refractivity contribution is 0.436. The number of nitrogens with zero attached hydrogens (tertiary/aromatic N) is 6. The molecule has 6 aromatic rings. The molecule has 1 atom stereocenters. The number of allylic oxidation sites excluding steroid dienone is 1. The molecule has 0 aliphatic carbocycles. The van der Waals surface area contributed by atoms with Gasteiger partial charge in [-0.2, -0.15) is 5.26 Å². The van der Waals surface area contributed by atoms with E-state index in [1.807, 2.05) is 61.5 Å². The molecule has 0 spiro atoms. The number of aromatic nitrogens is 5. The van der Waals surface area contributed by atoms with Crippen molar-refractivity contribution in [3.8, 4) is 17.7 Å². The van der Waals surface area contributed by atoms with Gasteiger partial charge in [0.25, 0.3) is 0 Å². The maximum Gasteiger partial charge on any atom is 0.228 e. The first-order chi connectivity index (χ1) is 18.7. The fourth-order valence-corrected chi connectivity index (χ4v) is 5.02. The van der Waals surface area contributed by atoms with Crippen LogP contribution in [0.5, 0.6) is 11.6 Å². The Morgan fingerprint density at radius 2 is 1.71 bits per heavy atom. The second-order valence-corrected chi connectivity index (χ2v) is 9.20. The summed E-state index contributed by atoms with van der Waals surface area (Å²) in [6, 6.07) is 30.4. The van der Waals surface area contributed by atoms with Gasteiger partial charge in [0.15, 0.2) is 17.2 Å². The van der Waals surface area contributed by atoms with Crippen LogP contribution in [-0.2, 0) is 0 Å². The Bertz CT molecular complexity index is 1920. The van der Waals surface area contributed by atoms with Crippen LogP contribution in [0.1, 0.15) is 39.7 Å². The monoisotopic (exact) mass is 492 g/mol. The molecule has 3 aromatic heterocycles. The van der Waals surface area contributed by atoms with E-state index in [0.29, 0.717) is 28.7 Å². The van der Waals surface area contributed by atoms with E-state index in [1.54, 1.807) is 16.9 Å². The molecule has 3 aromatic carbocycles. The molecule has 4 heterocycles. The van der Waals surface area contributed by atoms with E-state index in [2.05, 4.69) is 46.5 Å². The van der Waals surface area contributed by atoms with Crippen LogP contribution in [0.15, 0.2) is 91.3 Å². The SMILES string of the molecule is Cc1ccc2ccc3c(c2n1)Oc1ncn2nc(/C(C#N)=C/c4ccccc4)nc2c1C3c1ccccc1. The third-order valence-corrected chi connectivity index (χ3v) is 6.78. The fourth-order valence-electron chi connectivity index (χ4n) is 5.02. The maximum absolute atomic E-state index is 9.93. The Morgan fingerprint density at radius 1 is 0.947 bits per heavy atom. The zero-order chi connectivity index (χ0) is 25.6. The largest absolute Gasteiger partial charge is 0.436 e. The first-order valence-electron chi connectivity index (χ1n) is 12.2. The van der Waals surface area contributed by atoms with Gasteiger partial charge in [-0.15, -0.1) is 5.10 Å². The molecule has 7 heteroatoms. The van der Waals surface area contributed by atoms with Gasteiger partial charge in [0.1, 0.15) is 17.9 Å². The molecule has 38 heavy (non-hydrogen) atoms. The average molecular weight is 493 g/mol. The van der Waals surface area contributed by atoms with E-state index in [4.69, 9.17) is 14.7 Å². The van der Waals surface area contributed by atoms with Crippen LogP contribution in [0.4, 0.5) is 0 Å². The minimum absolute atomic E-state index is 0.210. The van der Waals surface area contributed by atoms with Gasteiger partial charge < -0.3 is 4.74 Å². The van der Waals surface area contributed by atoms with Crippen molar-refractivity contribution in [1.82, 2.24) is 24.6 Å². The summed E-state index contributed by atoms with van der Waals surface area (Å²) in [6.45, 7) is 1.97. The topological polar surface area (TPSA) is 89.0 Å². The summed E-state index contributed by atoms with van der Waals surface area (Å²) < 4.78 is 8.09. The van der Waals surface area contributed by atoms with E-state index in [1.165, 1.54) is 0 Å². The van der Waals surface area contributed by atoms with Crippen molar-refractivity contribution in [1.29, 1.82) is 5.26 Å². The maximum atomic E-state index is 9.93. The van der Waals surface area contributed by atoms with E-state index in [-0.39, 0.29) is 5.92 Å². The molecule has 0 saturated carbocycles. The average Bonchev–Trinajstić information content (AvgIpc) is 3.40. The van der Waals surface area contributed by atoms with Crippen LogP contribution in [0.25, 0.3) is 28.2 Å². The van der Waals surface area contributed by atoms with Gasteiger partial charge in [-0.25, -0.2) is 19.5 Å². The van der Waals surface area contributed by atoms with Gasteiger partial charge in [-0.05, 0) is 30.2 Å². The predicted molar refractivity (Wildman–Crippen MR) is 145 cm³/mol. The second kappa shape index (κ2) is 8.64. The quantitative estimate of drug-likeness (QED) is 0.268. The summed E-state index contributed by atoms with van der Waals surface area (Å²) in [5.74, 6) is 1.28. The lowest BCUT2D eigenvalue weighted by Crippen LogP contribution is -2.15. The zero-order valence-electron chi connectivity index (χ0n) is 20.4. The lowest BCUT2D eigenvalue weighted by atomic mass is 9.83. The molecule has 7 nitrogen and oxygen atoms in total. The predicted octanol–water partition coefficient (Wildman–Crippen LogP) is 6.33. The molecule has 180 valence electrons. The standard InChI is InChI=1S/C31H20N6O/c1-19-12-13-22-14-15-24-25(21-10-6-3-7-11-21)26-30-35-29(23(17-32)16-20-8-4-2-5-9-20)36-37(30)18-33-31(26)38-28(24)27(22)34-19/h2-16,18,25H,1H3/b23-16+. The number of nitriles is 1. The highest BCUT2D eigenvalue weighted by molar-refractivity contribution is 5.89. The second-order valence-electron chi connectivity index (χ2n) is 9.20. The summed E-state index contributed by atoms with van der Waals surface area (Å²) >= 11 is 0. The molecule has 0 radical (unpaired) electrons. The number of aryl methyl sites for hydroxylation is 1. The van der Waals surface area contributed by atoms with Crippen LogP contribution in [-0.4, -0.2) is 24.6 Å². The molecule has 1 aliphatic rings. The summed E-state index contributed by atoms with van der Waals surface area (Å²) in [5, 5.41) is 15.6. The Balaban J connectivity index is 1.47. The van der Waals surface area contributed by atoms with E-state index in [9.17, 15) is 5.26 Å². The molecule has 7 rings (SSSR count). The third kappa shape index (κ3) is 3.51. The first kappa shape index (κ1) is 21.9. The minimum Gasteiger partial charge on any atom is -0.436 e. The molecule has 0 bridgehead atoms. The normalized spacial score (nSPS) is 14.5. The fraction of sp³-hybridized carbons (Fsp3) is 0.0645. The highest BCUT2D eigenvalue weighted by atomic mass is 16.5. The van der Waals surface area contributed by atoms with Crippen molar-refractivity contribution in [3.63, 3.8) is 0 Å². The first-order valence-corrected chi connectivity index (χ1v) is 12.2. The number of rotatable bonds is 3. The summed E-state index contributed by atoms with van der Waals surface area (Å²) in [5.41, 5.74) is 6.43. The van der Waals surface area contributed by atoms with Crippen LogP contribution in [0.2, 0.25) is 0 Å². The molecule has 1 unspecified atom stereocenters. The Labute approximate surface area is 218 Å². The van der Waals surface area contributed by atoms with Crippen molar-refractivity contribution < 1.29 is 4.74 Å². The third-order valence-electron chi connectivity index (χ3n) is 6.78. The van der Waals surface area contributed by atoms with E-state index in [0.717, 1.165) is 38.9 Å². The number of benzene rings is 3. The molecule has 0 amide bonds. The molecule has 1 aliphatic heterocycles. The number of hydrogen-bond acceptors (Lipinski definition) is 6. The Kier molecular flexibility index (Phi) is 4.98. The van der Waals surface area contributed by atoms with Crippen molar-refractivity contribution in [2.45, 2.75) is 12.8 Å². The smallest absolute Gasteiger partial charge is 0.228 e. The summed E-state index contributed by atoms with van der Waals surface area (Å²) in [7, 11) is 0. The Hall–Kier alpha value is -5.35. The molecular weight excluding hydrogens is 472 g/mol. The van der Waals surface area contributed by atoms with Gasteiger partial charge in [-0.3, -0.25) is 0 Å². The number of ether oxygens (including phenoxy) is 1. The highest BCUT2D eigenvalue weighted by Crippen LogP contribution is 2.49. The number of pyridine rings is 1. The molecular formula is C31H20N6O. The highest BCUT2D eigenvalue weighted by Gasteiger charge is 2.34. The van der Waals surface area contributed by atoms with Crippen LogP contribution >= 0.6 is 0 Å². The molecule has 0 saturated heterocycles. The molecule has 0 N–H and O–H groups in total. The zero-order valence-corrected chi connectivity index (χ0v) is 20.4. The summed E-state index contributed by atoms with van der Waals surface area (Å²) in [4.78, 5) is 14.3. The minimum atomic E-state index is -0.210. The van der Waals surface area contributed by atoms with Gasteiger partial charge in [0, 0.05) is 22.6 Å². The van der Waals surface area contributed by atoms with Crippen LogP contribution < -0.4 is 4.74 Å². The van der Waals surface area contributed by atoms with Crippen LogP contribution in [0.3, 0.4) is 0 Å². The van der Waals surface area contributed by atoms with Crippen molar-refractivity contribution in [2.75, 3.05) is 0 Å².